The van der Waals surface area contributed by atoms with Crippen molar-refractivity contribution in [1.82, 2.24) is 10.0 Å². The molecular weight excluding hydrogens is 372 g/mol. The van der Waals surface area contributed by atoms with E-state index in [4.69, 9.17) is 0 Å². The molecule has 0 amide bonds. The first kappa shape index (κ1) is 17.4. The van der Waals surface area contributed by atoms with Crippen molar-refractivity contribution in [3.05, 3.63) is 14.7 Å². The molecule has 1 heterocycles. The van der Waals surface area contributed by atoms with Crippen LogP contribution in [0.25, 0.3) is 0 Å². The molecule has 0 saturated heterocycles. The molecular formula is C14H23BrN2O2S2. The predicted molar refractivity (Wildman–Crippen MR) is 91.1 cm³/mol. The van der Waals surface area contributed by atoms with Crippen molar-refractivity contribution in [3.63, 3.8) is 0 Å². The number of halogens is 1. The van der Waals surface area contributed by atoms with Crippen LogP contribution in [-0.2, 0) is 16.6 Å². The summed E-state index contributed by atoms with van der Waals surface area (Å²) in [5, 5.41) is 3.04. The van der Waals surface area contributed by atoms with Gasteiger partial charge in [-0.3, -0.25) is 0 Å². The van der Waals surface area contributed by atoms with Gasteiger partial charge in [0.2, 0.25) is 10.0 Å². The highest BCUT2D eigenvalue weighted by Crippen LogP contribution is 2.32. The highest BCUT2D eigenvalue weighted by Gasteiger charge is 2.24. The van der Waals surface area contributed by atoms with Crippen molar-refractivity contribution < 1.29 is 8.42 Å². The van der Waals surface area contributed by atoms with E-state index in [2.05, 4.69) is 32.9 Å². The van der Waals surface area contributed by atoms with Crippen molar-refractivity contribution >= 4 is 37.3 Å². The van der Waals surface area contributed by atoms with Gasteiger partial charge in [0, 0.05) is 18.0 Å². The SMILES string of the molecule is CNCc1cc(S(=O)(=O)NCC2CCCC(C)C2)c(Br)s1. The fourth-order valence-corrected chi connectivity index (χ4v) is 6.70. The summed E-state index contributed by atoms with van der Waals surface area (Å²) in [6.07, 6.45) is 4.73. The van der Waals surface area contributed by atoms with Gasteiger partial charge >= 0.3 is 0 Å². The van der Waals surface area contributed by atoms with Gasteiger partial charge in [-0.1, -0.05) is 19.8 Å². The molecule has 1 fully saturated rings. The summed E-state index contributed by atoms with van der Waals surface area (Å²) in [4.78, 5) is 1.37. The predicted octanol–water partition coefficient (Wildman–Crippen LogP) is 3.33. The molecule has 0 aliphatic heterocycles. The molecule has 1 aromatic heterocycles. The molecule has 0 radical (unpaired) electrons. The van der Waals surface area contributed by atoms with E-state index >= 15 is 0 Å². The largest absolute Gasteiger partial charge is 0.315 e. The highest BCUT2D eigenvalue weighted by atomic mass is 79.9. The minimum atomic E-state index is -3.42. The van der Waals surface area contributed by atoms with Gasteiger partial charge in [-0.2, -0.15) is 0 Å². The van der Waals surface area contributed by atoms with E-state index in [0.717, 1.165) is 17.7 Å². The lowest BCUT2D eigenvalue weighted by atomic mass is 9.83. The van der Waals surface area contributed by atoms with Gasteiger partial charge in [-0.05, 0) is 53.7 Å². The van der Waals surface area contributed by atoms with Crippen LogP contribution in [0.4, 0.5) is 0 Å². The lowest BCUT2D eigenvalue weighted by Crippen LogP contribution is -2.31. The zero-order valence-electron chi connectivity index (χ0n) is 12.5. The highest BCUT2D eigenvalue weighted by molar-refractivity contribution is 9.11. The van der Waals surface area contributed by atoms with Gasteiger partial charge in [-0.25, -0.2) is 13.1 Å². The summed E-state index contributed by atoms with van der Waals surface area (Å²) < 4.78 is 28.3. The fourth-order valence-electron chi connectivity index (χ4n) is 2.89. The maximum atomic E-state index is 12.4. The normalized spacial score (nSPS) is 23.4. The molecule has 2 N–H and O–H groups in total. The average molecular weight is 395 g/mol. The number of sulfonamides is 1. The monoisotopic (exact) mass is 394 g/mol. The Kier molecular flexibility index (Phi) is 6.25. The molecule has 0 aromatic carbocycles. The molecule has 1 aromatic rings. The Hall–Kier alpha value is 0.0500. The molecule has 7 heteroatoms. The molecule has 4 nitrogen and oxygen atoms in total. The number of rotatable bonds is 6. The van der Waals surface area contributed by atoms with E-state index in [1.165, 1.54) is 24.2 Å². The van der Waals surface area contributed by atoms with Crippen LogP contribution in [0, 0.1) is 11.8 Å². The molecule has 0 spiro atoms. The summed E-state index contributed by atoms with van der Waals surface area (Å²) in [7, 11) is -1.57. The maximum absolute atomic E-state index is 12.4. The Labute approximate surface area is 139 Å². The second kappa shape index (κ2) is 7.55. The summed E-state index contributed by atoms with van der Waals surface area (Å²) in [5.74, 6) is 1.18. The molecule has 120 valence electrons. The number of nitrogens with one attached hydrogen (secondary N) is 2. The quantitative estimate of drug-likeness (QED) is 0.777. The summed E-state index contributed by atoms with van der Waals surface area (Å²) in [6.45, 7) is 3.48. The van der Waals surface area contributed by atoms with E-state index in [-0.39, 0.29) is 0 Å². The molecule has 2 unspecified atom stereocenters. The fraction of sp³-hybridized carbons (Fsp3) is 0.714. The van der Waals surface area contributed by atoms with Crippen LogP contribution in [0.5, 0.6) is 0 Å². The topological polar surface area (TPSA) is 58.2 Å². The second-order valence-corrected chi connectivity index (χ2v) is 10.1. The van der Waals surface area contributed by atoms with Crippen molar-refractivity contribution in [2.75, 3.05) is 13.6 Å². The van der Waals surface area contributed by atoms with Crippen LogP contribution >= 0.6 is 27.3 Å². The van der Waals surface area contributed by atoms with Crippen molar-refractivity contribution in [2.45, 2.75) is 44.0 Å². The summed E-state index contributed by atoms with van der Waals surface area (Å²) in [5.41, 5.74) is 0. The molecule has 2 atom stereocenters. The van der Waals surface area contributed by atoms with Gasteiger partial charge in [0.25, 0.3) is 0 Å². The van der Waals surface area contributed by atoms with E-state index in [1.54, 1.807) is 6.07 Å². The maximum Gasteiger partial charge on any atom is 0.242 e. The van der Waals surface area contributed by atoms with Crippen LogP contribution < -0.4 is 10.0 Å². The molecule has 1 aliphatic rings. The van der Waals surface area contributed by atoms with Crippen LogP contribution in [-0.4, -0.2) is 22.0 Å². The Balaban J connectivity index is 2.01. The number of hydrogen-bond donors (Lipinski definition) is 2. The van der Waals surface area contributed by atoms with E-state index in [1.807, 2.05) is 7.05 Å². The van der Waals surface area contributed by atoms with Gasteiger partial charge in [-0.15, -0.1) is 11.3 Å². The summed E-state index contributed by atoms with van der Waals surface area (Å²) in [6, 6.07) is 1.75. The molecule has 21 heavy (non-hydrogen) atoms. The third kappa shape index (κ3) is 4.76. The van der Waals surface area contributed by atoms with Crippen LogP contribution in [0.3, 0.4) is 0 Å². The van der Waals surface area contributed by atoms with Crippen molar-refractivity contribution in [2.24, 2.45) is 11.8 Å². The minimum absolute atomic E-state index is 0.363. The first-order valence-electron chi connectivity index (χ1n) is 7.35. The third-order valence-corrected chi connectivity index (χ3v) is 7.63. The molecule has 1 aliphatic carbocycles. The lowest BCUT2D eigenvalue weighted by molar-refractivity contribution is 0.283. The Morgan fingerprint density at radius 2 is 2.19 bits per heavy atom. The third-order valence-electron chi connectivity index (χ3n) is 3.95. The Bertz CT molecular complexity index is 572. The second-order valence-electron chi connectivity index (χ2n) is 5.87. The van der Waals surface area contributed by atoms with Crippen molar-refractivity contribution in [1.29, 1.82) is 0 Å². The Morgan fingerprint density at radius 3 is 2.86 bits per heavy atom. The lowest BCUT2D eigenvalue weighted by Gasteiger charge is -2.26. The standard InChI is InChI=1S/C14H23BrN2O2S2/c1-10-4-3-5-11(6-10)8-17-21(18,19)13-7-12(9-16-2)20-14(13)15/h7,10-11,16-17H,3-6,8-9H2,1-2H3. The molecule has 0 bridgehead atoms. The smallest absolute Gasteiger partial charge is 0.242 e. The van der Waals surface area contributed by atoms with Gasteiger partial charge in [0.1, 0.15) is 4.90 Å². The first-order chi connectivity index (χ1) is 9.92. The van der Waals surface area contributed by atoms with E-state index in [9.17, 15) is 8.42 Å². The zero-order valence-corrected chi connectivity index (χ0v) is 15.7. The van der Waals surface area contributed by atoms with Crippen LogP contribution in [0.15, 0.2) is 14.7 Å². The van der Waals surface area contributed by atoms with Gasteiger partial charge < -0.3 is 5.32 Å². The number of thiophene rings is 1. The van der Waals surface area contributed by atoms with E-state index in [0.29, 0.717) is 33.6 Å². The van der Waals surface area contributed by atoms with Crippen LogP contribution in [0.2, 0.25) is 0 Å². The van der Waals surface area contributed by atoms with Gasteiger partial charge in [0.15, 0.2) is 0 Å². The average Bonchev–Trinajstić information content (AvgIpc) is 2.79. The minimum Gasteiger partial charge on any atom is -0.315 e. The molecule has 2 rings (SSSR count). The number of hydrogen-bond acceptors (Lipinski definition) is 4. The zero-order chi connectivity index (χ0) is 15.5. The van der Waals surface area contributed by atoms with E-state index < -0.39 is 10.0 Å². The van der Waals surface area contributed by atoms with Crippen LogP contribution in [0.1, 0.15) is 37.5 Å². The van der Waals surface area contributed by atoms with Gasteiger partial charge in [0.05, 0.1) is 3.79 Å². The molecule has 1 saturated carbocycles. The summed E-state index contributed by atoms with van der Waals surface area (Å²) >= 11 is 4.83. The first-order valence-corrected chi connectivity index (χ1v) is 10.4. The Morgan fingerprint density at radius 1 is 1.43 bits per heavy atom. The van der Waals surface area contributed by atoms with Crippen molar-refractivity contribution in [3.8, 4) is 0 Å².